The van der Waals surface area contributed by atoms with E-state index in [1.807, 2.05) is 68.1 Å². The maximum atomic E-state index is 12.7. The van der Waals surface area contributed by atoms with Gasteiger partial charge >= 0.3 is 0 Å². The number of hydrogen-bond acceptors (Lipinski definition) is 7. The summed E-state index contributed by atoms with van der Waals surface area (Å²) >= 11 is 0. The third-order valence-corrected chi connectivity index (χ3v) is 8.35. The minimum Gasteiger partial charge on any atom is -0.397 e. The van der Waals surface area contributed by atoms with Crippen LogP contribution >= 0.6 is 7.14 Å². The summed E-state index contributed by atoms with van der Waals surface area (Å²) in [6, 6.07) is 13.8. The van der Waals surface area contributed by atoms with Gasteiger partial charge in [-0.1, -0.05) is 12.1 Å². The number of nitrogens with zero attached hydrogens (tertiary/aromatic N) is 5. The van der Waals surface area contributed by atoms with E-state index in [2.05, 4.69) is 20.6 Å². The van der Waals surface area contributed by atoms with Gasteiger partial charge in [0, 0.05) is 41.5 Å². The highest BCUT2D eigenvalue weighted by molar-refractivity contribution is 7.70. The van der Waals surface area contributed by atoms with E-state index < -0.39 is 7.14 Å². The lowest BCUT2D eigenvalue weighted by Crippen LogP contribution is -2.38. The molecular formula is C27H32N7O2P. The maximum Gasteiger partial charge on any atom is 0.244 e. The van der Waals surface area contributed by atoms with E-state index in [4.69, 9.17) is 5.73 Å². The lowest BCUT2D eigenvalue weighted by Gasteiger charge is -2.24. The Balaban J connectivity index is 1.46. The molecule has 1 aliphatic heterocycles. The van der Waals surface area contributed by atoms with E-state index in [0.717, 1.165) is 39.5 Å². The molecule has 0 spiro atoms. The largest absolute Gasteiger partial charge is 0.397 e. The zero-order valence-corrected chi connectivity index (χ0v) is 22.7. The number of nitrogen functional groups attached to an aromatic ring is 1. The standard InChI is InChI=1S/C27H32N7O2P/c1-16(2)33-9-8-20-13-25(32-34(20)15-26(33)35)29-24-12-19-10-18(11-23(28)27(19)31-30-24)22-14-21(37(4,5)36)7-6-17(22)3/h6-7,10-14,16H,8-9,15,28H2,1-5H3,(H,29,30,32). The van der Waals surface area contributed by atoms with Gasteiger partial charge in [-0.3, -0.25) is 9.48 Å². The van der Waals surface area contributed by atoms with Gasteiger partial charge in [0.05, 0.1) is 5.69 Å². The average Bonchev–Trinajstić information content (AvgIpc) is 3.11. The van der Waals surface area contributed by atoms with Gasteiger partial charge in [-0.05, 0) is 75.1 Å². The van der Waals surface area contributed by atoms with Crippen LogP contribution in [0.3, 0.4) is 0 Å². The molecule has 9 nitrogen and oxygen atoms in total. The minimum absolute atomic E-state index is 0.0683. The lowest BCUT2D eigenvalue weighted by molar-refractivity contribution is -0.133. The van der Waals surface area contributed by atoms with Crippen LogP contribution in [0.5, 0.6) is 0 Å². The van der Waals surface area contributed by atoms with Crippen molar-refractivity contribution in [2.45, 2.75) is 39.8 Å². The molecule has 2 aromatic heterocycles. The van der Waals surface area contributed by atoms with Crippen molar-refractivity contribution in [2.75, 3.05) is 30.9 Å². The van der Waals surface area contributed by atoms with Gasteiger partial charge in [0.2, 0.25) is 5.91 Å². The first-order valence-corrected chi connectivity index (χ1v) is 15.0. The fourth-order valence-electron chi connectivity index (χ4n) is 4.77. The first-order valence-electron chi connectivity index (χ1n) is 12.4. The van der Waals surface area contributed by atoms with Gasteiger partial charge in [0.1, 0.15) is 19.2 Å². The molecule has 0 unspecified atom stereocenters. The van der Waals surface area contributed by atoms with Gasteiger partial charge in [0.15, 0.2) is 11.6 Å². The molecule has 5 rings (SSSR count). The van der Waals surface area contributed by atoms with Crippen LogP contribution in [0.15, 0.2) is 42.5 Å². The van der Waals surface area contributed by atoms with Crippen molar-refractivity contribution in [1.29, 1.82) is 0 Å². The summed E-state index contributed by atoms with van der Waals surface area (Å²) in [6.45, 7) is 10.5. The number of carbonyl (C=O) groups excluding carboxylic acids is 1. The van der Waals surface area contributed by atoms with Crippen LogP contribution in [0.4, 0.5) is 17.3 Å². The Morgan fingerprint density at radius 3 is 2.57 bits per heavy atom. The van der Waals surface area contributed by atoms with Crippen molar-refractivity contribution in [3.63, 3.8) is 0 Å². The number of aryl methyl sites for hydroxylation is 1. The van der Waals surface area contributed by atoms with Gasteiger partial charge in [0.25, 0.3) is 0 Å². The number of aromatic nitrogens is 4. The Morgan fingerprint density at radius 1 is 1.05 bits per heavy atom. The van der Waals surface area contributed by atoms with Crippen molar-refractivity contribution in [1.82, 2.24) is 24.9 Å². The third-order valence-electron chi connectivity index (χ3n) is 6.83. The van der Waals surface area contributed by atoms with E-state index in [-0.39, 0.29) is 18.5 Å². The number of hydrogen-bond donors (Lipinski definition) is 2. The highest BCUT2D eigenvalue weighted by Crippen LogP contribution is 2.37. The van der Waals surface area contributed by atoms with Gasteiger partial charge < -0.3 is 20.5 Å². The van der Waals surface area contributed by atoms with Crippen LogP contribution in [0.1, 0.15) is 25.1 Å². The van der Waals surface area contributed by atoms with Crippen LogP contribution in [0, 0.1) is 6.92 Å². The quantitative estimate of drug-likeness (QED) is 0.301. The molecule has 0 bridgehead atoms. The molecule has 37 heavy (non-hydrogen) atoms. The van der Waals surface area contributed by atoms with Crippen LogP contribution in [0.25, 0.3) is 22.0 Å². The smallest absolute Gasteiger partial charge is 0.244 e. The molecule has 0 atom stereocenters. The zero-order valence-electron chi connectivity index (χ0n) is 21.8. The van der Waals surface area contributed by atoms with Crippen LogP contribution in [0.2, 0.25) is 0 Å². The van der Waals surface area contributed by atoms with E-state index in [9.17, 15) is 9.36 Å². The van der Waals surface area contributed by atoms with Crippen molar-refractivity contribution >= 4 is 46.6 Å². The first-order chi connectivity index (χ1) is 17.5. The highest BCUT2D eigenvalue weighted by Gasteiger charge is 2.24. The van der Waals surface area contributed by atoms with Gasteiger partial charge in [-0.2, -0.15) is 5.10 Å². The lowest BCUT2D eigenvalue weighted by atomic mass is 9.98. The molecule has 2 aromatic carbocycles. The number of amides is 1. The number of rotatable bonds is 5. The van der Waals surface area contributed by atoms with Gasteiger partial charge in [-0.15, -0.1) is 10.2 Å². The predicted molar refractivity (Wildman–Crippen MR) is 149 cm³/mol. The third kappa shape index (κ3) is 4.96. The summed E-state index contributed by atoms with van der Waals surface area (Å²) in [5.74, 6) is 1.21. The number of anilines is 3. The molecular weight excluding hydrogens is 485 g/mol. The summed E-state index contributed by atoms with van der Waals surface area (Å²) in [5.41, 5.74) is 11.5. The van der Waals surface area contributed by atoms with Crippen LogP contribution < -0.4 is 16.4 Å². The van der Waals surface area contributed by atoms with E-state index in [1.54, 1.807) is 18.0 Å². The molecule has 0 radical (unpaired) electrons. The monoisotopic (exact) mass is 517 g/mol. The number of nitrogens with two attached hydrogens (primary N) is 1. The van der Waals surface area contributed by atoms with Crippen LogP contribution in [-0.4, -0.2) is 56.7 Å². The maximum absolute atomic E-state index is 12.7. The van der Waals surface area contributed by atoms with E-state index in [0.29, 0.717) is 29.4 Å². The Morgan fingerprint density at radius 2 is 1.84 bits per heavy atom. The second-order valence-corrected chi connectivity index (χ2v) is 13.5. The SMILES string of the molecule is Cc1ccc(P(C)(C)=O)cc1-c1cc(N)c2nnc(Nc3cc4n(n3)CC(=O)N(C(C)C)CC4)cc2c1. The fraction of sp³-hybridized carbons (Fsp3) is 0.333. The van der Waals surface area contributed by atoms with Gasteiger partial charge in [-0.25, -0.2) is 0 Å². The molecule has 192 valence electrons. The Hall–Kier alpha value is -3.71. The molecule has 0 aliphatic carbocycles. The van der Waals surface area contributed by atoms with Crippen molar-refractivity contribution in [3.8, 4) is 11.1 Å². The normalized spacial score (nSPS) is 14.2. The summed E-state index contributed by atoms with van der Waals surface area (Å²) in [6.07, 6.45) is 0.739. The van der Waals surface area contributed by atoms with Crippen molar-refractivity contribution in [2.24, 2.45) is 0 Å². The summed E-state index contributed by atoms with van der Waals surface area (Å²) < 4.78 is 14.4. The minimum atomic E-state index is -2.41. The second-order valence-electron chi connectivity index (χ2n) is 10.3. The Labute approximate surface area is 216 Å². The molecule has 4 aromatic rings. The number of benzene rings is 2. The predicted octanol–water partition coefficient (Wildman–Crippen LogP) is 4.17. The number of fused-ring (bicyclic) bond motifs is 2. The molecule has 0 saturated carbocycles. The Kier molecular flexibility index (Phi) is 6.28. The first kappa shape index (κ1) is 25.0. The summed E-state index contributed by atoms with van der Waals surface area (Å²) in [5, 5.41) is 18.1. The molecule has 3 N–H and O–H groups in total. The molecule has 10 heteroatoms. The summed E-state index contributed by atoms with van der Waals surface area (Å²) in [7, 11) is -2.41. The van der Waals surface area contributed by atoms with E-state index in [1.165, 1.54) is 0 Å². The highest BCUT2D eigenvalue weighted by atomic mass is 31.2. The average molecular weight is 518 g/mol. The second kappa shape index (κ2) is 9.30. The zero-order chi connectivity index (χ0) is 26.5. The molecule has 3 heterocycles. The summed E-state index contributed by atoms with van der Waals surface area (Å²) in [4.78, 5) is 14.5. The Bertz CT molecular complexity index is 1570. The molecule has 0 fully saturated rings. The number of nitrogens with one attached hydrogen (secondary N) is 1. The van der Waals surface area contributed by atoms with E-state index >= 15 is 0 Å². The molecule has 0 saturated heterocycles. The fourth-order valence-corrected chi connectivity index (χ4v) is 5.64. The van der Waals surface area contributed by atoms with Crippen molar-refractivity contribution in [3.05, 3.63) is 53.7 Å². The van der Waals surface area contributed by atoms with Crippen LogP contribution in [-0.2, 0) is 22.3 Å². The molecule has 1 aliphatic rings. The number of carbonyl (C=O) groups is 1. The van der Waals surface area contributed by atoms with Crippen molar-refractivity contribution < 1.29 is 9.36 Å². The topological polar surface area (TPSA) is 119 Å². The molecule has 1 amide bonds.